The van der Waals surface area contributed by atoms with Crippen molar-refractivity contribution in [2.24, 2.45) is 0 Å². The fourth-order valence-corrected chi connectivity index (χ4v) is 3.72. The molecule has 0 atom stereocenters. The third-order valence-corrected chi connectivity index (χ3v) is 5.47. The van der Waals surface area contributed by atoms with Crippen molar-refractivity contribution in [3.8, 4) is 5.75 Å². The number of amides is 1. The van der Waals surface area contributed by atoms with Crippen LogP contribution in [-0.2, 0) is 6.42 Å². The van der Waals surface area contributed by atoms with E-state index >= 15 is 0 Å². The molecule has 0 saturated carbocycles. The molecule has 3 aromatic rings. The van der Waals surface area contributed by atoms with Gasteiger partial charge in [-0.3, -0.25) is 4.79 Å². The zero-order valence-electron chi connectivity index (χ0n) is 17.4. The number of nitrogens with zero attached hydrogens (tertiary/aromatic N) is 4. The van der Waals surface area contributed by atoms with Crippen LogP contribution >= 0.6 is 0 Å². The number of benzene rings is 2. The van der Waals surface area contributed by atoms with Crippen LogP contribution in [0.3, 0.4) is 0 Å². The maximum absolute atomic E-state index is 13.0. The second kappa shape index (κ2) is 8.95. The van der Waals surface area contributed by atoms with Gasteiger partial charge in [0, 0.05) is 44.5 Å². The largest absolute Gasteiger partial charge is 0.497 e. The molecule has 0 spiro atoms. The molecule has 154 valence electrons. The van der Waals surface area contributed by atoms with E-state index in [1.165, 1.54) is 0 Å². The summed E-state index contributed by atoms with van der Waals surface area (Å²) >= 11 is 0. The molecule has 1 aromatic heterocycles. The van der Waals surface area contributed by atoms with E-state index in [2.05, 4.69) is 39.1 Å². The summed E-state index contributed by atoms with van der Waals surface area (Å²) in [4.78, 5) is 26.2. The van der Waals surface area contributed by atoms with E-state index in [1.807, 2.05) is 42.2 Å². The summed E-state index contributed by atoms with van der Waals surface area (Å²) in [6.45, 7) is 4.83. The molecule has 0 bridgehead atoms. The lowest BCUT2D eigenvalue weighted by molar-refractivity contribution is 0.0745. The predicted molar refractivity (Wildman–Crippen MR) is 117 cm³/mol. The molecule has 0 N–H and O–H groups in total. The quantitative estimate of drug-likeness (QED) is 0.655. The predicted octanol–water partition coefficient (Wildman–Crippen LogP) is 3.35. The Hall–Kier alpha value is -3.41. The Balaban J connectivity index is 1.38. The van der Waals surface area contributed by atoms with Gasteiger partial charge in [-0.2, -0.15) is 0 Å². The number of aromatic nitrogens is 2. The van der Waals surface area contributed by atoms with Gasteiger partial charge in [-0.05, 0) is 36.8 Å². The highest BCUT2D eigenvalue weighted by Gasteiger charge is 2.24. The molecule has 4 rings (SSSR count). The molecular formula is C24H26N4O2. The number of hydrogen-bond donors (Lipinski definition) is 0. The van der Waals surface area contributed by atoms with Crippen LogP contribution in [0, 0.1) is 6.92 Å². The Bertz CT molecular complexity index is 997. The van der Waals surface area contributed by atoms with Crippen LogP contribution in [0.25, 0.3) is 0 Å². The topological polar surface area (TPSA) is 58.6 Å². The molecule has 1 saturated heterocycles. The normalized spacial score (nSPS) is 13.9. The number of carbonyl (C=O) groups is 1. The minimum atomic E-state index is 0.00754. The molecule has 6 nitrogen and oxygen atoms in total. The molecule has 0 unspecified atom stereocenters. The van der Waals surface area contributed by atoms with Gasteiger partial charge >= 0.3 is 0 Å². The lowest BCUT2D eigenvalue weighted by Gasteiger charge is -2.36. The summed E-state index contributed by atoms with van der Waals surface area (Å²) < 4.78 is 5.22. The van der Waals surface area contributed by atoms with Crippen molar-refractivity contribution in [3.63, 3.8) is 0 Å². The van der Waals surface area contributed by atoms with Gasteiger partial charge in [-0.25, -0.2) is 9.97 Å². The van der Waals surface area contributed by atoms with Crippen LogP contribution in [0.15, 0.2) is 60.8 Å². The maximum atomic E-state index is 13.0. The first-order valence-corrected chi connectivity index (χ1v) is 10.2. The number of methoxy groups -OCH3 is 1. The number of piperazine rings is 1. The highest BCUT2D eigenvalue weighted by atomic mass is 16.5. The molecular weight excluding hydrogens is 376 g/mol. The molecule has 1 amide bonds. The van der Waals surface area contributed by atoms with Gasteiger partial charge in [0.05, 0.1) is 18.4 Å². The lowest BCUT2D eigenvalue weighted by atomic mass is 10.1. The van der Waals surface area contributed by atoms with Gasteiger partial charge in [0.2, 0.25) is 0 Å². The van der Waals surface area contributed by atoms with Crippen molar-refractivity contribution in [3.05, 3.63) is 83.4 Å². The van der Waals surface area contributed by atoms with Crippen LogP contribution in [0.5, 0.6) is 5.75 Å². The Morgan fingerprint density at radius 1 is 1.00 bits per heavy atom. The second-order valence-electron chi connectivity index (χ2n) is 7.42. The zero-order valence-corrected chi connectivity index (χ0v) is 17.4. The smallest absolute Gasteiger partial charge is 0.257 e. The van der Waals surface area contributed by atoms with E-state index in [0.717, 1.165) is 41.6 Å². The molecule has 2 aromatic carbocycles. The van der Waals surface area contributed by atoms with Gasteiger partial charge < -0.3 is 14.5 Å². The molecule has 2 heterocycles. The van der Waals surface area contributed by atoms with E-state index in [-0.39, 0.29) is 5.91 Å². The summed E-state index contributed by atoms with van der Waals surface area (Å²) in [5.74, 6) is 1.59. The van der Waals surface area contributed by atoms with Crippen molar-refractivity contribution < 1.29 is 9.53 Å². The van der Waals surface area contributed by atoms with E-state index in [1.54, 1.807) is 13.3 Å². The molecule has 6 heteroatoms. The minimum absolute atomic E-state index is 0.00754. The third-order valence-electron chi connectivity index (χ3n) is 5.47. The van der Waals surface area contributed by atoms with Crippen LogP contribution in [0.4, 0.5) is 5.69 Å². The van der Waals surface area contributed by atoms with E-state index < -0.39 is 0 Å². The van der Waals surface area contributed by atoms with Crippen molar-refractivity contribution in [2.45, 2.75) is 13.3 Å². The first kappa shape index (κ1) is 19.9. The maximum Gasteiger partial charge on any atom is 0.257 e. The first-order chi connectivity index (χ1) is 14.6. The Morgan fingerprint density at radius 2 is 1.70 bits per heavy atom. The fourth-order valence-electron chi connectivity index (χ4n) is 3.72. The molecule has 1 aliphatic heterocycles. The van der Waals surface area contributed by atoms with Gasteiger partial charge in [-0.15, -0.1) is 0 Å². The molecule has 1 aliphatic rings. The number of ether oxygens (including phenoxy) is 1. The third kappa shape index (κ3) is 4.43. The Morgan fingerprint density at radius 3 is 2.33 bits per heavy atom. The van der Waals surface area contributed by atoms with Crippen molar-refractivity contribution in [1.29, 1.82) is 0 Å². The SMILES string of the molecule is COc1ccc(N2CCN(C(=O)c3cnc(Cc4ccccc4)nc3C)CC2)cc1. The number of anilines is 1. The Kier molecular flexibility index (Phi) is 5.93. The summed E-state index contributed by atoms with van der Waals surface area (Å²) in [5.41, 5.74) is 3.63. The highest BCUT2D eigenvalue weighted by molar-refractivity contribution is 5.95. The number of carbonyl (C=O) groups excluding carboxylic acids is 1. The first-order valence-electron chi connectivity index (χ1n) is 10.2. The fraction of sp³-hybridized carbons (Fsp3) is 0.292. The van der Waals surface area contributed by atoms with Gasteiger partial charge in [0.15, 0.2) is 0 Å². The molecule has 0 aliphatic carbocycles. The van der Waals surface area contributed by atoms with Crippen molar-refractivity contribution in [1.82, 2.24) is 14.9 Å². The average molecular weight is 402 g/mol. The Labute approximate surface area is 177 Å². The summed E-state index contributed by atoms with van der Waals surface area (Å²) in [5, 5.41) is 0. The average Bonchev–Trinajstić information content (AvgIpc) is 2.80. The van der Waals surface area contributed by atoms with E-state index in [9.17, 15) is 4.79 Å². The zero-order chi connectivity index (χ0) is 20.9. The van der Waals surface area contributed by atoms with Crippen LogP contribution in [-0.4, -0.2) is 54.1 Å². The number of rotatable bonds is 5. The van der Waals surface area contributed by atoms with Crippen molar-refractivity contribution >= 4 is 11.6 Å². The molecule has 0 radical (unpaired) electrons. The van der Waals surface area contributed by atoms with E-state index in [4.69, 9.17) is 4.74 Å². The summed E-state index contributed by atoms with van der Waals surface area (Å²) in [6.07, 6.45) is 2.34. The highest BCUT2D eigenvalue weighted by Crippen LogP contribution is 2.21. The summed E-state index contributed by atoms with van der Waals surface area (Å²) in [6, 6.07) is 18.2. The summed E-state index contributed by atoms with van der Waals surface area (Å²) in [7, 11) is 1.67. The molecule has 30 heavy (non-hydrogen) atoms. The van der Waals surface area contributed by atoms with Gasteiger partial charge in [0.1, 0.15) is 11.6 Å². The van der Waals surface area contributed by atoms with Crippen LogP contribution in [0.1, 0.15) is 27.4 Å². The van der Waals surface area contributed by atoms with Crippen molar-refractivity contribution in [2.75, 3.05) is 38.2 Å². The van der Waals surface area contributed by atoms with Gasteiger partial charge in [0.25, 0.3) is 5.91 Å². The van der Waals surface area contributed by atoms with E-state index in [0.29, 0.717) is 25.1 Å². The lowest BCUT2D eigenvalue weighted by Crippen LogP contribution is -2.49. The van der Waals surface area contributed by atoms with Gasteiger partial charge in [-0.1, -0.05) is 30.3 Å². The number of hydrogen-bond acceptors (Lipinski definition) is 5. The van der Waals surface area contributed by atoms with Crippen LogP contribution in [0.2, 0.25) is 0 Å². The minimum Gasteiger partial charge on any atom is -0.497 e. The number of aryl methyl sites for hydroxylation is 1. The van der Waals surface area contributed by atoms with Crippen LogP contribution < -0.4 is 9.64 Å². The molecule has 1 fully saturated rings. The standard InChI is InChI=1S/C24H26N4O2/c1-18-22(17-25-23(26-18)16-19-6-4-3-5-7-19)24(29)28-14-12-27(13-15-28)20-8-10-21(30-2)11-9-20/h3-11,17H,12-16H2,1-2H3. The monoisotopic (exact) mass is 402 g/mol. The second-order valence-corrected chi connectivity index (χ2v) is 7.42.